The highest BCUT2D eigenvalue weighted by Crippen LogP contribution is 2.38. The Bertz CT molecular complexity index is 884. The van der Waals surface area contributed by atoms with Crippen LogP contribution in [0, 0.1) is 0 Å². The molecule has 0 aromatic heterocycles. The van der Waals surface area contributed by atoms with Crippen LogP contribution in [0.4, 0.5) is 5.69 Å². The molecule has 0 aliphatic carbocycles. The highest BCUT2D eigenvalue weighted by atomic mass is 32.2. The van der Waals surface area contributed by atoms with Gasteiger partial charge in [-0.05, 0) is 42.7 Å². The van der Waals surface area contributed by atoms with Crippen LogP contribution in [0.25, 0.3) is 0 Å². The van der Waals surface area contributed by atoms with Crippen LogP contribution in [0.3, 0.4) is 0 Å². The molecule has 2 aliphatic rings. The number of hydrogen-bond acceptors (Lipinski definition) is 4. The Balaban J connectivity index is 1.51. The summed E-state index contributed by atoms with van der Waals surface area (Å²) >= 11 is 1.49. The minimum Gasteiger partial charge on any atom is -0.497 e. The number of thioether (sulfide) groups is 1. The van der Waals surface area contributed by atoms with E-state index in [1.54, 1.807) is 7.11 Å². The van der Waals surface area contributed by atoms with Crippen LogP contribution in [0.15, 0.2) is 53.4 Å². The van der Waals surface area contributed by atoms with Gasteiger partial charge in [-0.15, -0.1) is 11.8 Å². The van der Waals surface area contributed by atoms with E-state index in [4.69, 9.17) is 4.74 Å². The molecule has 1 N–H and O–H groups in total. The Kier molecular flexibility index (Phi) is 6.09. The summed E-state index contributed by atoms with van der Waals surface area (Å²) in [5, 5.41) is 2.55. The maximum absolute atomic E-state index is 13.3. The van der Waals surface area contributed by atoms with E-state index in [-0.39, 0.29) is 24.3 Å². The second-order valence-corrected chi connectivity index (χ2v) is 8.77. The van der Waals surface area contributed by atoms with Crippen LogP contribution in [-0.4, -0.2) is 35.6 Å². The molecule has 1 saturated heterocycles. The van der Waals surface area contributed by atoms with Crippen molar-refractivity contribution in [2.45, 2.75) is 48.3 Å². The molecular formula is C23H26N2O3S. The number of hydrogen-bond donors (Lipinski definition) is 1. The van der Waals surface area contributed by atoms with Gasteiger partial charge in [0.05, 0.1) is 24.1 Å². The SMILES string of the molecule is COc1ccc([C@H]2CCCCCN2C(=O)C[C@H]2Sc3ccccc3NC2=O)cc1. The molecule has 0 saturated carbocycles. The lowest BCUT2D eigenvalue weighted by Gasteiger charge is -2.32. The lowest BCUT2D eigenvalue weighted by Crippen LogP contribution is -2.39. The molecule has 0 unspecified atom stereocenters. The van der Waals surface area contributed by atoms with Gasteiger partial charge in [0.25, 0.3) is 0 Å². The van der Waals surface area contributed by atoms with Gasteiger partial charge in [0.15, 0.2) is 0 Å². The molecule has 29 heavy (non-hydrogen) atoms. The smallest absolute Gasteiger partial charge is 0.238 e. The number of nitrogens with one attached hydrogen (secondary N) is 1. The van der Waals surface area contributed by atoms with Crippen LogP contribution in [0.5, 0.6) is 5.75 Å². The molecule has 0 bridgehead atoms. The summed E-state index contributed by atoms with van der Waals surface area (Å²) in [7, 11) is 1.65. The highest BCUT2D eigenvalue weighted by molar-refractivity contribution is 8.01. The van der Waals surface area contributed by atoms with E-state index in [0.29, 0.717) is 0 Å². The summed E-state index contributed by atoms with van der Waals surface area (Å²) in [6.07, 6.45) is 4.41. The Labute approximate surface area is 175 Å². The van der Waals surface area contributed by atoms with Gasteiger partial charge in [-0.2, -0.15) is 0 Å². The number of rotatable bonds is 4. The van der Waals surface area contributed by atoms with Gasteiger partial charge < -0.3 is 15.0 Å². The van der Waals surface area contributed by atoms with Crippen LogP contribution in [0.2, 0.25) is 0 Å². The van der Waals surface area contributed by atoms with Crippen molar-refractivity contribution in [3.63, 3.8) is 0 Å². The van der Waals surface area contributed by atoms with Crippen molar-refractivity contribution in [3.05, 3.63) is 54.1 Å². The zero-order valence-corrected chi connectivity index (χ0v) is 17.4. The number of para-hydroxylation sites is 1. The first-order valence-electron chi connectivity index (χ1n) is 10.2. The number of likely N-dealkylation sites (tertiary alicyclic amines) is 1. The number of methoxy groups -OCH3 is 1. The van der Waals surface area contributed by atoms with Gasteiger partial charge in [-0.1, -0.05) is 37.1 Å². The van der Waals surface area contributed by atoms with Gasteiger partial charge in [0.1, 0.15) is 5.75 Å². The normalized spacial score (nSPS) is 21.7. The highest BCUT2D eigenvalue weighted by Gasteiger charge is 2.33. The van der Waals surface area contributed by atoms with Gasteiger partial charge in [-0.25, -0.2) is 0 Å². The fraction of sp³-hybridized carbons (Fsp3) is 0.391. The second kappa shape index (κ2) is 8.91. The third-order valence-corrected chi connectivity index (χ3v) is 6.92. The molecule has 0 spiro atoms. The minimum absolute atomic E-state index is 0.0553. The summed E-state index contributed by atoms with van der Waals surface area (Å²) in [6.45, 7) is 0.741. The molecule has 5 nitrogen and oxygen atoms in total. The number of amides is 2. The van der Waals surface area contributed by atoms with E-state index in [1.807, 2.05) is 53.4 Å². The Morgan fingerprint density at radius 1 is 1.14 bits per heavy atom. The molecule has 2 aromatic rings. The predicted molar refractivity (Wildman–Crippen MR) is 115 cm³/mol. The Hall–Kier alpha value is -2.47. The van der Waals surface area contributed by atoms with Gasteiger partial charge in [0, 0.05) is 17.9 Å². The summed E-state index contributed by atoms with van der Waals surface area (Å²) in [5.74, 6) is 0.784. The fourth-order valence-electron chi connectivity index (χ4n) is 4.08. The molecule has 6 heteroatoms. The number of benzene rings is 2. The predicted octanol–water partition coefficient (Wildman–Crippen LogP) is 4.64. The van der Waals surface area contributed by atoms with Crippen LogP contribution in [0.1, 0.15) is 43.7 Å². The number of carbonyl (C=O) groups excluding carboxylic acids is 2. The summed E-state index contributed by atoms with van der Waals surface area (Å²) in [5.41, 5.74) is 1.96. The van der Waals surface area contributed by atoms with E-state index in [0.717, 1.165) is 54.1 Å². The average molecular weight is 411 g/mol. The van der Waals surface area contributed by atoms with Gasteiger partial charge in [-0.3, -0.25) is 9.59 Å². The first-order valence-corrected chi connectivity index (χ1v) is 11.0. The molecule has 2 aliphatic heterocycles. The number of nitrogens with zero attached hydrogens (tertiary/aromatic N) is 1. The van der Waals surface area contributed by atoms with Gasteiger partial charge in [0.2, 0.25) is 11.8 Å². The monoisotopic (exact) mass is 410 g/mol. The molecule has 0 radical (unpaired) electrons. The van der Waals surface area contributed by atoms with Crippen LogP contribution in [-0.2, 0) is 9.59 Å². The molecule has 1 fully saturated rings. The number of fused-ring (bicyclic) bond motifs is 1. The maximum Gasteiger partial charge on any atom is 0.238 e. The lowest BCUT2D eigenvalue weighted by atomic mass is 10.00. The van der Waals surface area contributed by atoms with Crippen molar-refractivity contribution in [2.75, 3.05) is 19.0 Å². The largest absolute Gasteiger partial charge is 0.497 e. The van der Waals surface area contributed by atoms with E-state index in [9.17, 15) is 9.59 Å². The molecule has 4 rings (SSSR count). The maximum atomic E-state index is 13.3. The zero-order chi connectivity index (χ0) is 20.2. The molecule has 2 heterocycles. The van der Waals surface area contributed by atoms with Crippen molar-refractivity contribution < 1.29 is 14.3 Å². The average Bonchev–Trinajstić information content (AvgIpc) is 3.00. The summed E-state index contributed by atoms with van der Waals surface area (Å²) in [4.78, 5) is 28.9. The van der Waals surface area contributed by atoms with Crippen molar-refractivity contribution in [1.82, 2.24) is 4.90 Å². The van der Waals surface area contributed by atoms with E-state index in [2.05, 4.69) is 5.32 Å². The van der Waals surface area contributed by atoms with Gasteiger partial charge >= 0.3 is 0 Å². The van der Waals surface area contributed by atoms with E-state index >= 15 is 0 Å². The zero-order valence-electron chi connectivity index (χ0n) is 16.6. The Morgan fingerprint density at radius 2 is 1.93 bits per heavy atom. The van der Waals surface area contributed by atoms with Crippen molar-refractivity contribution in [3.8, 4) is 5.75 Å². The first-order chi connectivity index (χ1) is 14.2. The minimum atomic E-state index is -0.392. The lowest BCUT2D eigenvalue weighted by molar-refractivity contribution is -0.134. The molecule has 152 valence electrons. The third-order valence-electron chi connectivity index (χ3n) is 5.64. The van der Waals surface area contributed by atoms with Crippen LogP contribution < -0.4 is 10.1 Å². The fourth-order valence-corrected chi connectivity index (χ4v) is 5.18. The number of carbonyl (C=O) groups is 2. The molecule has 2 atom stereocenters. The first kappa shape index (κ1) is 19.8. The van der Waals surface area contributed by atoms with Crippen molar-refractivity contribution >= 4 is 29.3 Å². The third kappa shape index (κ3) is 4.42. The molecule has 2 amide bonds. The standard InChI is InChI=1S/C23H26N2O3S/c1-28-17-12-10-16(11-13-17)19-8-3-2-6-14-25(19)22(26)15-21-23(27)24-18-7-4-5-9-20(18)29-21/h4-5,7,9-13,19,21H,2-3,6,8,14-15H2,1H3,(H,24,27)/t19-,21-/m1/s1. The van der Waals surface area contributed by atoms with Crippen LogP contribution >= 0.6 is 11.8 Å². The van der Waals surface area contributed by atoms with Crippen molar-refractivity contribution in [2.24, 2.45) is 0 Å². The molecule has 2 aromatic carbocycles. The van der Waals surface area contributed by atoms with Crippen molar-refractivity contribution in [1.29, 1.82) is 0 Å². The summed E-state index contributed by atoms with van der Waals surface area (Å²) in [6, 6.07) is 15.8. The quantitative estimate of drug-likeness (QED) is 0.798. The topological polar surface area (TPSA) is 58.6 Å². The molecular weight excluding hydrogens is 384 g/mol. The Morgan fingerprint density at radius 3 is 2.72 bits per heavy atom. The number of ether oxygens (including phenoxy) is 1. The number of anilines is 1. The van der Waals surface area contributed by atoms with E-state index in [1.165, 1.54) is 11.8 Å². The van der Waals surface area contributed by atoms with E-state index < -0.39 is 5.25 Å². The second-order valence-electron chi connectivity index (χ2n) is 7.52. The summed E-state index contributed by atoms with van der Waals surface area (Å²) < 4.78 is 5.27.